The molecule has 0 aliphatic rings. The van der Waals surface area contributed by atoms with Crippen molar-refractivity contribution in [2.24, 2.45) is 0 Å². The number of carbonyl (C=O) groups excluding carboxylic acids is 4. The predicted molar refractivity (Wildman–Crippen MR) is 175 cm³/mol. The van der Waals surface area contributed by atoms with Crippen molar-refractivity contribution in [3.05, 3.63) is 100 Å². The molecule has 5 aromatic rings. The summed E-state index contributed by atoms with van der Waals surface area (Å²) in [6, 6.07) is 24.2. The zero-order valence-corrected chi connectivity index (χ0v) is 26.5. The molecule has 3 aromatic carbocycles. The van der Waals surface area contributed by atoms with E-state index in [-0.39, 0.29) is 34.2 Å². The SMILES string of the molecule is CCOC(=O)c1sc(NC(=O)C(C)OC(=O)c2ccc3nc(-c4ccccc4)c(-c4ccccc4)nc3c2)c(C(=O)OCC)c1C. The third-order valence-electron chi connectivity index (χ3n) is 6.97. The van der Waals surface area contributed by atoms with Crippen LogP contribution in [-0.4, -0.2) is 53.1 Å². The van der Waals surface area contributed by atoms with Gasteiger partial charge < -0.3 is 19.5 Å². The molecular weight excluding hydrogens is 606 g/mol. The van der Waals surface area contributed by atoms with Gasteiger partial charge in [-0.05, 0) is 51.5 Å². The number of nitrogens with zero attached hydrogens (tertiary/aromatic N) is 2. The van der Waals surface area contributed by atoms with Crippen LogP contribution in [0.4, 0.5) is 5.00 Å². The molecule has 1 atom stereocenters. The van der Waals surface area contributed by atoms with Crippen LogP contribution in [0.25, 0.3) is 33.5 Å². The van der Waals surface area contributed by atoms with Gasteiger partial charge in [0.1, 0.15) is 9.88 Å². The summed E-state index contributed by atoms with van der Waals surface area (Å²) in [5, 5.41) is 2.71. The highest BCUT2D eigenvalue weighted by atomic mass is 32.1. The van der Waals surface area contributed by atoms with E-state index < -0.39 is 29.9 Å². The van der Waals surface area contributed by atoms with Gasteiger partial charge in [0.2, 0.25) is 0 Å². The predicted octanol–water partition coefficient (Wildman–Crippen LogP) is 6.87. The van der Waals surface area contributed by atoms with Crippen LogP contribution in [0.5, 0.6) is 0 Å². The Hall–Kier alpha value is -5.42. The molecule has 5 rings (SSSR count). The topological polar surface area (TPSA) is 134 Å². The summed E-state index contributed by atoms with van der Waals surface area (Å²) in [6.07, 6.45) is -1.25. The molecule has 0 aliphatic carbocycles. The number of benzene rings is 3. The third-order valence-corrected chi connectivity index (χ3v) is 8.16. The standard InChI is InChI=1S/C35H31N3O7S/c1-5-43-34(41)27-20(3)30(35(42)44-6-2)46-32(27)38-31(39)21(4)45-33(40)24-17-18-25-26(19-24)37-29(23-15-11-8-12-16-23)28(36-25)22-13-9-7-10-14-22/h7-19,21H,5-6H2,1-4H3,(H,38,39). The second-order valence-corrected chi connectivity index (χ2v) is 11.1. The van der Waals surface area contributed by atoms with E-state index >= 15 is 0 Å². The number of esters is 3. The van der Waals surface area contributed by atoms with E-state index in [4.69, 9.17) is 24.2 Å². The Morgan fingerprint density at radius 1 is 0.761 bits per heavy atom. The number of hydrogen-bond donors (Lipinski definition) is 1. The van der Waals surface area contributed by atoms with Gasteiger partial charge in [-0.2, -0.15) is 0 Å². The van der Waals surface area contributed by atoms with Crippen LogP contribution < -0.4 is 5.32 Å². The Balaban J connectivity index is 1.39. The number of anilines is 1. The number of hydrogen-bond acceptors (Lipinski definition) is 10. The van der Waals surface area contributed by atoms with Gasteiger partial charge in [0.15, 0.2) is 6.10 Å². The van der Waals surface area contributed by atoms with E-state index in [0.717, 1.165) is 22.5 Å². The first-order valence-corrected chi connectivity index (χ1v) is 15.5. The molecule has 0 radical (unpaired) electrons. The van der Waals surface area contributed by atoms with Gasteiger partial charge in [-0.1, -0.05) is 60.7 Å². The van der Waals surface area contributed by atoms with Crippen LogP contribution in [0, 0.1) is 6.92 Å². The lowest BCUT2D eigenvalue weighted by Gasteiger charge is -2.14. The highest BCUT2D eigenvalue weighted by Crippen LogP contribution is 2.35. The number of ether oxygens (including phenoxy) is 3. The van der Waals surface area contributed by atoms with E-state index in [1.165, 1.54) is 6.92 Å². The minimum atomic E-state index is -1.25. The molecule has 2 heterocycles. The molecule has 0 aliphatic heterocycles. The average molecular weight is 638 g/mol. The normalized spacial score (nSPS) is 11.5. The summed E-state index contributed by atoms with van der Waals surface area (Å²) in [7, 11) is 0. The van der Waals surface area contributed by atoms with Gasteiger partial charge in [0, 0.05) is 11.1 Å². The highest BCUT2D eigenvalue weighted by Gasteiger charge is 2.29. The molecule has 1 unspecified atom stereocenters. The van der Waals surface area contributed by atoms with Crippen molar-refractivity contribution in [2.75, 3.05) is 18.5 Å². The second-order valence-electron chi connectivity index (χ2n) is 10.1. The number of nitrogens with one attached hydrogen (secondary N) is 1. The molecule has 0 fully saturated rings. The third kappa shape index (κ3) is 6.79. The summed E-state index contributed by atoms with van der Waals surface area (Å²) in [5.74, 6) is -2.77. The Morgan fingerprint density at radius 3 is 1.91 bits per heavy atom. The molecule has 2 aromatic heterocycles. The minimum absolute atomic E-state index is 0.0407. The zero-order valence-electron chi connectivity index (χ0n) is 25.7. The maximum Gasteiger partial charge on any atom is 0.348 e. The fourth-order valence-corrected chi connectivity index (χ4v) is 5.81. The molecule has 11 heteroatoms. The number of fused-ring (bicyclic) bond motifs is 1. The van der Waals surface area contributed by atoms with Crippen molar-refractivity contribution in [2.45, 2.75) is 33.8 Å². The molecule has 0 saturated heterocycles. The van der Waals surface area contributed by atoms with Gasteiger partial charge >= 0.3 is 17.9 Å². The van der Waals surface area contributed by atoms with Gasteiger partial charge in [0.05, 0.1) is 46.8 Å². The highest BCUT2D eigenvalue weighted by molar-refractivity contribution is 7.18. The van der Waals surface area contributed by atoms with Crippen molar-refractivity contribution in [1.82, 2.24) is 9.97 Å². The lowest BCUT2D eigenvalue weighted by atomic mass is 10.0. The molecule has 234 valence electrons. The van der Waals surface area contributed by atoms with Crippen molar-refractivity contribution >= 4 is 51.2 Å². The summed E-state index contributed by atoms with van der Waals surface area (Å²) in [4.78, 5) is 61.4. The van der Waals surface area contributed by atoms with E-state index in [2.05, 4.69) is 5.32 Å². The first kappa shape index (κ1) is 32.0. The average Bonchev–Trinajstić information content (AvgIpc) is 3.40. The summed E-state index contributed by atoms with van der Waals surface area (Å²) < 4.78 is 15.7. The van der Waals surface area contributed by atoms with Gasteiger partial charge in [-0.3, -0.25) is 4.79 Å². The summed E-state index contributed by atoms with van der Waals surface area (Å²) >= 11 is 0.887. The monoisotopic (exact) mass is 637 g/mol. The van der Waals surface area contributed by atoms with Gasteiger partial charge in [0.25, 0.3) is 5.91 Å². The van der Waals surface area contributed by atoms with Crippen LogP contribution >= 0.6 is 11.3 Å². The van der Waals surface area contributed by atoms with E-state index in [0.29, 0.717) is 28.0 Å². The first-order chi connectivity index (χ1) is 22.2. The van der Waals surface area contributed by atoms with Crippen LogP contribution in [0.3, 0.4) is 0 Å². The Morgan fingerprint density at radius 2 is 1.33 bits per heavy atom. The van der Waals surface area contributed by atoms with Gasteiger partial charge in [-0.15, -0.1) is 11.3 Å². The molecular formula is C35H31N3O7S. The molecule has 0 bridgehead atoms. The van der Waals surface area contributed by atoms with E-state index in [1.807, 2.05) is 60.7 Å². The number of thiophene rings is 1. The molecule has 1 amide bonds. The molecule has 0 spiro atoms. The Bertz CT molecular complexity index is 1920. The van der Waals surface area contributed by atoms with Crippen LogP contribution in [0.1, 0.15) is 56.7 Å². The van der Waals surface area contributed by atoms with Crippen LogP contribution in [0.15, 0.2) is 78.9 Å². The maximum atomic E-state index is 13.2. The van der Waals surface area contributed by atoms with E-state index in [1.54, 1.807) is 39.0 Å². The number of carbonyl (C=O) groups is 4. The van der Waals surface area contributed by atoms with Crippen molar-refractivity contribution in [3.63, 3.8) is 0 Å². The van der Waals surface area contributed by atoms with E-state index in [9.17, 15) is 19.2 Å². The quantitative estimate of drug-likeness (QED) is 0.129. The maximum absolute atomic E-state index is 13.2. The fraction of sp³-hybridized carbons (Fsp3) is 0.200. The lowest BCUT2D eigenvalue weighted by Crippen LogP contribution is -2.30. The second kappa shape index (κ2) is 14.1. The summed E-state index contributed by atoms with van der Waals surface area (Å²) in [6.45, 7) is 6.53. The van der Waals surface area contributed by atoms with Crippen LogP contribution in [0.2, 0.25) is 0 Å². The largest absolute Gasteiger partial charge is 0.462 e. The number of rotatable bonds is 10. The molecule has 0 saturated carbocycles. The number of aromatic nitrogens is 2. The van der Waals surface area contributed by atoms with Crippen molar-refractivity contribution in [1.29, 1.82) is 0 Å². The van der Waals surface area contributed by atoms with Gasteiger partial charge in [-0.25, -0.2) is 24.4 Å². The Labute approximate surface area is 269 Å². The van der Waals surface area contributed by atoms with Crippen molar-refractivity contribution < 1.29 is 33.4 Å². The molecule has 1 N–H and O–H groups in total. The summed E-state index contributed by atoms with van der Waals surface area (Å²) in [5.41, 5.74) is 4.73. The first-order valence-electron chi connectivity index (χ1n) is 14.6. The number of amides is 1. The smallest absolute Gasteiger partial charge is 0.348 e. The molecule has 46 heavy (non-hydrogen) atoms. The van der Waals surface area contributed by atoms with Crippen LogP contribution in [-0.2, 0) is 19.0 Å². The Kier molecular flexibility index (Phi) is 9.82. The lowest BCUT2D eigenvalue weighted by molar-refractivity contribution is -0.123. The zero-order chi connectivity index (χ0) is 32.8. The minimum Gasteiger partial charge on any atom is -0.462 e. The fourth-order valence-electron chi connectivity index (χ4n) is 4.71. The van der Waals surface area contributed by atoms with Crippen molar-refractivity contribution in [3.8, 4) is 22.5 Å². The molecule has 10 nitrogen and oxygen atoms in total.